The maximum absolute atomic E-state index is 13.6. The molecule has 3 aliphatic rings. The van der Waals surface area contributed by atoms with Crippen molar-refractivity contribution in [2.45, 2.75) is 96.7 Å². The number of anilines is 2. The Bertz CT molecular complexity index is 2410. The van der Waals surface area contributed by atoms with Gasteiger partial charge in [0.05, 0.1) is 29.9 Å². The molecular formula is C49H55N5O6S2. The number of hydrogen-bond acceptors (Lipinski definition) is 12. The highest BCUT2D eigenvalue weighted by Gasteiger charge is 2.33. The molecule has 0 unspecified atom stereocenters. The number of carbonyl (C=O) groups excluding carboxylic acids is 3. The van der Waals surface area contributed by atoms with Gasteiger partial charge in [0.2, 0.25) is 0 Å². The van der Waals surface area contributed by atoms with Gasteiger partial charge in [-0.3, -0.25) is 14.9 Å². The zero-order valence-electron chi connectivity index (χ0n) is 36.0. The van der Waals surface area contributed by atoms with E-state index in [1.54, 1.807) is 0 Å². The fraction of sp³-hybridized carbons (Fsp3) is 0.449. The van der Waals surface area contributed by atoms with Gasteiger partial charge in [-0.15, -0.1) is 11.3 Å². The number of para-hydroxylation sites is 1. The smallest absolute Gasteiger partial charge is 0.357 e. The Balaban J connectivity index is 0.804. The topological polar surface area (TPSA) is 123 Å². The van der Waals surface area contributed by atoms with Gasteiger partial charge in [-0.25, -0.2) is 14.8 Å². The number of methoxy groups -OCH3 is 1. The average molecular weight is 874 g/mol. The first-order valence-corrected chi connectivity index (χ1v) is 23.4. The summed E-state index contributed by atoms with van der Waals surface area (Å²) in [6.45, 7) is 9.42. The van der Waals surface area contributed by atoms with Crippen LogP contribution >= 0.6 is 22.7 Å². The van der Waals surface area contributed by atoms with Crippen molar-refractivity contribution >= 4 is 61.0 Å². The zero-order valence-corrected chi connectivity index (χ0v) is 37.7. The number of hydrogen-bond donors (Lipinski definition) is 1. The standard InChI is InChI=1S/C49H55N5O6S2/c1-49(2,3)60-45(56)35-25-27-53(28-26-35)36-20-16-32(17-21-36)14-15-33-18-22-37(23-19-33)59-30-8-13-42-43(46(57)58-4)51-48(62-42)54-29-24-34-9-7-10-38(39(34)31-54)44(55)52-47-50-40-11-5-6-12-41(40)61-47/h5-7,9-12,18-19,22-23,32,35-36H,8,13,16-17,20-21,24-31H2,1-4H3,(H,50,52,55). The Kier molecular flexibility index (Phi) is 13.6. The number of aryl methyl sites for hydroxylation is 1. The molecule has 5 aromatic rings. The molecule has 62 heavy (non-hydrogen) atoms. The van der Waals surface area contributed by atoms with E-state index in [1.165, 1.54) is 29.8 Å². The predicted octanol–water partition coefficient (Wildman–Crippen LogP) is 9.33. The molecule has 0 radical (unpaired) electrons. The lowest BCUT2D eigenvalue weighted by atomic mass is 9.84. The molecule has 2 fully saturated rings. The molecule has 11 nitrogen and oxygen atoms in total. The molecule has 13 heteroatoms. The van der Waals surface area contributed by atoms with E-state index in [1.807, 2.05) is 81.4 Å². The minimum atomic E-state index is -0.460. The van der Waals surface area contributed by atoms with Crippen LogP contribution in [0.3, 0.4) is 0 Å². The highest BCUT2D eigenvalue weighted by molar-refractivity contribution is 7.22. The second-order valence-corrected chi connectivity index (χ2v) is 19.5. The maximum atomic E-state index is 13.6. The summed E-state index contributed by atoms with van der Waals surface area (Å²) in [7, 11) is 1.38. The largest absolute Gasteiger partial charge is 0.494 e. The van der Waals surface area contributed by atoms with Gasteiger partial charge >= 0.3 is 11.9 Å². The second-order valence-electron chi connectivity index (χ2n) is 17.4. The zero-order chi connectivity index (χ0) is 43.2. The van der Waals surface area contributed by atoms with Crippen molar-refractivity contribution in [2.24, 2.45) is 11.8 Å². The highest BCUT2D eigenvalue weighted by atomic mass is 32.1. The van der Waals surface area contributed by atoms with Crippen LogP contribution in [0.1, 0.15) is 108 Å². The fourth-order valence-corrected chi connectivity index (χ4v) is 10.6. The van der Waals surface area contributed by atoms with Gasteiger partial charge in [0.25, 0.3) is 5.91 Å². The molecule has 4 heterocycles. The van der Waals surface area contributed by atoms with Crippen molar-refractivity contribution in [3.05, 3.63) is 99.6 Å². The number of aromatic nitrogens is 2. The Labute approximate surface area is 372 Å². The van der Waals surface area contributed by atoms with Gasteiger partial charge in [-0.05, 0) is 145 Å². The van der Waals surface area contributed by atoms with Crippen molar-refractivity contribution < 1.29 is 28.6 Å². The Morgan fingerprint density at radius 3 is 2.40 bits per heavy atom. The SMILES string of the molecule is COC(=O)c1nc(N2CCc3cccc(C(=O)Nc4nc5ccccc5s4)c3C2)sc1CCCOc1ccc(C#CC2CCC(N3CCC(C(=O)OC(C)(C)C)CC3)CC2)cc1. The number of ether oxygens (including phenoxy) is 3. The number of nitrogens with zero attached hydrogens (tertiary/aromatic N) is 4. The molecule has 3 aromatic carbocycles. The van der Waals surface area contributed by atoms with Gasteiger partial charge in [0.1, 0.15) is 11.4 Å². The molecule has 1 N–H and O–H groups in total. The molecule has 0 atom stereocenters. The van der Waals surface area contributed by atoms with Crippen molar-refractivity contribution in [3.8, 4) is 17.6 Å². The van der Waals surface area contributed by atoms with Crippen LogP contribution in [-0.2, 0) is 33.7 Å². The summed E-state index contributed by atoms with van der Waals surface area (Å²) in [4.78, 5) is 53.9. The molecular weight excluding hydrogens is 819 g/mol. The van der Waals surface area contributed by atoms with Gasteiger partial charge in [0, 0.05) is 41.1 Å². The van der Waals surface area contributed by atoms with E-state index in [4.69, 9.17) is 19.2 Å². The van der Waals surface area contributed by atoms with Crippen LogP contribution in [0, 0.1) is 23.7 Å². The van der Waals surface area contributed by atoms with E-state index in [0.29, 0.717) is 60.9 Å². The maximum Gasteiger partial charge on any atom is 0.357 e. The Morgan fingerprint density at radius 1 is 0.887 bits per heavy atom. The van der Waals surface area contributed by atoms with Gasteiger partial charge in [-0.1, -0.05) is 47.4 Å². The van der Waals surface area contributed by atoms with E-state index in [2.05, 4.69) is 38.0 Å². The monoisotopic (exact) mass is 873 g/mol. The number of benzene rings is 3. The molecule has 1 amide bonds. The Morgan fingerprint density at radius 2 is 1.66 bits per heavy atom. The third-order valence-electron chi connectivity index (χ3n) is 11.9. The predicted molar refractivity (Wildman–Crippen MR) is 245 cm³/mol. The van der Waals surface area contributed by atoms with Crippen molar-refractivity contribution in [1.82, 2.24) is 14.9 Å². The lowest BCUT2D eigenvalue weighted by Crippen LogP contribution is -2.45. The quantitative estimate of drug-likeness (QED) is 0.0781. The first-order chi connectivity index (χ1) is 30.0. The number of nitrogens with one attached hydrogen (secondary N) is 1. The molecule has 0 spiro atoms. The molecule has 2 aromatic heterocycles. The number of fused-ring (bicyclic) bond motifs is 2. The number of rotatable bonds is 11. The molecule has 0 bridgehead atoms. The molecule has 324 valence electrons. The van der Waals surface area contributed by atoms with Crippen LogP contribution in [0.5, 0.6) is 5.75 Å². The lowest BCUT2D eigenvalue weighted by molar-refractivity contribution is -0.161. The number of likely N-dealkylation sites (tertiary alicyclic amines) is 1. The van der Waals surface area contributed by atoms with Crippen molar-refractivity contribution in [3.63, 3.8) is 0 Å². The first kappa shape index (κ1) is 43.4. The van der Waals surface area contributed by atoms with Crippen LogP contribution in [0.25, 0.3) is 10.2 Å². The summed E-state index contributed by atoms with van der Waals surface area (Å²) in [5.41, 5.74) is 4.42. The molecule has 1 saturated carbocycles. The molecule has 1 saturated heterocycles. The van der Waals surface area contributed by atoms with Crippen LogP contribution in [0.15, 0.2) is 66.7 Å². The van der Waals surface area contributed by atoms with E-state index in [-0.39, 0.29) is 17.8 Å². The van der Waals surface area contributed by atoms with Crippen LogP contribution in [0.2, 0.25) is 0 Å². The van der Waals surface area contributed by atoms with Gasteiger partial charge in [-0.2, -0.15) is 0 Å². The minimum Gasteiger partial charge on any atom is -0.494 e. The van der Waals surface area contributed by atoms with E-state index < -0.39 is 11.6 Å². The summed E-state index contributed by atoms with van der Waals surface area (Å²) < 4.78 is 17.9. The van der Waals surface area contributed by atoms with Gasteiger partial charge in [0.15, 0.2) is 16.0 Å². The van der Waals surface area contributed by atoms with Crippen LogP contribution < -0.4 is 15.0 Å². The third-order valence-corrected chi connectivity index (χ3v) is 14.1. The summed E-state index contributed by atoms with van der Waals surface area (Å²) in [5, 5.41) is 4.31. The second kappa shape index (κ2) is 19.4. The number of esters is 2. The fourth-order valence-electron chi connectivity index (χ4n) is 8.66. The van der Waals surface area contributed by atoms with Gasteiger partial charge < -0.3 is 24.0 Å². The first-order valence-electron chi connectivity index (χ1n) is 21.8. The summed E-state index contributed by atoms with van der Waals surface area (Å²) in [6.07, 6.45) is 8.30. The minimum absolute atomic E-state index is 0.0188. The highest BCUT2D eigenvalue weighted by Crippen LogP contribution is 2.35. The van der Waals surface area contributed by atoms with E-state index >= 15 is 0 Å². The molecule has 1 aliphatic carbocycles. The van der Waals surface area contributed by atoms with Crippen molar-refractivity contribution in [2.75, 3.05) is 43.6 Å². The van der Waals surface area contributed by atoms with Crippen molar-refractivity contribution in [1.29, 1.82) is 0 Å². The van der Waals surface area contributed by atoms with Crippen LogP contribution in [-0.4, -0.2) is 77.7 Å². The molecule has 2 aliphatic heterocycles. The number of amides is 1. The summed E-state index contributed by atoms with van der Waals surface area (Å²) in [6, 6.07) is 22.2. The average Bonchev–Trinajstić information content (AvgIpc) is 3.90. The van der Waals surface area contributed by atoms with E-state index in [0.717, 1.165) is 101 Å². The van der Waals surface area contributed by atoms with Crippen LogP contribution in [0.4, 0.5) is 10.3 Å². The third kappa shape index (κ3) is 10.7. The summed E-state index contributed by atoms with van der Waals surface area (Å²) in [5.74, 6) is 7.42. The lowest BCUT2D eigenvalue weighted by Gasteiger charge is -2.40. The molecule has 8 rings (SSSR count). The number of thiazole rings is 2. The Hall–Kier alpha value is -5.29. The van der Waals surface area contributed by atoms with E-state index in [9.17, 15) is 14.4 Å². The number of piperidine rings is 1. The normalized spacial score (nSPS) is 18.4. The summed E-state index contributed by atoms with van der Waals surface area (Å²) >= 11 is 2.95. The number of carbonyl (C=O) groups is 3.